The molecule has 0 radical (unpaired) electrons. The third-order valence-corrected chi connectivity index (χ3v) is 26.1. The Morgan fingerprint density at radius 3 is 1.55 bits per heavy atom. The molecule has 12 aliphatic rings. The summed E-state index contributed by atoms with van der Waals surface area (Å²) in [6, 6.07) is 0. The number of carbonyl (C=O) groups is 2. The lowest BCUT2D eigenvalue weighted by molar-refractivity contribution is -0.399. The van der Waals surface area contributed by atoms with Crippen LogP contribution in [0.15, 0.2) is 11.6 Å². The smallest absolute Gasteiger partial charge is 0.335 e. The molecule has 0 spiro atoms. The standard InChI is InChI=1S/C68H108O34/c1-24-36(74)39(77)44(82)58(93-24)98-50-31(72)23-92-61(53(50)101-60-47(85)51(48(25(2)94-60)96-55-42(80)37(75)28(69)20-89-55)99-57-46(84)49(30(71)22-91-57)97-56-43(81)38(76)29(70)21-90-56)102-62(88)68-17-16-63(3,4)18-27(68)26-10-11-33-65(7)14-13-35(95-59-45(83)40(78)41(79)52(100-59)54(86)87)64(5,6)32(65)12-15-66(33,8)67(26,9)19-34(68)73/h10,24-25,27-53,55-61,69-85H,11-23H2,1-9H3,(H,86,87)/t24-,25-,27-,28+,29+,30+,31+,32-,33+,34+,35-,36-,37-,38-,39+,40-,41-,42+,43+,44+,45+,46+,47+,48-,49-,50-,51-,52-,53+,55-,56-,57-,58-,59+,60-,61-,65-,66+,67+,68+/m0/s1. The fourth-order valence-electron chi connectivity index (χ4n) is 19.8. The maximum atomic E-state index is 16.2. The molecule has 18 N–H and O–H groups in total. The van der Waals surface area contributed by atoms with Gasteiger partial charge in [-0.2, -0.15) is 0 Å². The molecule has 0 aromatic rings. The number of aliphatic carboxylic acids is 1. The van der Waals surface area contributed by atoms with Crippen LogP contribution in [0.2, 0.25) is 0 Å². The van der Waals surface area contributed by atoms with Gasteiger partial charge in [-0.3, -0.25) is 4.79 Å². The maximum Gasteiger partial charge on any atom is 0.335 e. The fraction of sp³-hybridized carbons (Fsp3) is 0.941. The van der Waals surface area contributed by atoms with E-state index in [0.717, 1.165) is 5.57 Å². The Labute approximate surface area is 589 Å². The first-order chi connectivity index (χ1) is 47.7. The normalized spacial score (nSPS) is 54.7. The summed E-state index contributed by atoms with van der Waals surface area (Å²) >= 11 is 0. The second-order valence-electron chi connectivity index (χ2n) is 33.0. The molecule has 0 aromatic heterocycles. The highest BCUT2D eigenvalue weighted by atomic mass is 16.8. The Morgan fingerprint density at radius 2 is 0.931 bits per heavy atom. The highest BCUT2D eigenvalue weighted by molar-refractivity contribution is 5.80. The predicted molar refractivity (Wildman–Crippen MR) is 336 cm³/mol. The van der Waals surface area contributed by atoms with E-state index < -0.39 is 274 Å². The van der Waals surface area contributed by atoms with Gasteiger partial charge in [0.25, 0.3) is 0 Å². The summed E-state index contributed by atoms with van der Waals surface area (Å²) in [7, 11) is 0. The second-order valence-corrected chi connectivity index (χ2v) is 33.0. The Kier molecular flexibility index (Phi) is 22.8. The molecule has 11 fully saturated rings. The molecule has 0 unspecified atom stereocenters. The van der Waals surface area contributed by atoms with Crippen molar-refractivity contribution in [2.24, 2.45) is 50.2 Å². The number of ether oxygens (including phenoxy) is 14. The van der Waals surface area contributed by atoms with Crippen molar-refractivity contribution in [3.05, 3.63) is 11.6 Å². The topological polar surface area (TPSA) is 528 Å². The van der Waals surface area contributed by atoms with Gasteiger partial charge in [-0.1, -0.05) is 60.1 Å². The van der Waals surface area contributed by atoms with Crippen molar-refractivity contribution < 1.29 is 168 Å². The maximum absolute atomic E-state index is 16.2. The van der Waals surface area contributed by atoms with Gasteiger partial charge in [-0.15, -0.1) is 0 Å². The van der Waals surface area contributed by atoms with Crippen LogP contribution in [0.25, 0.3) is 0 Å². The lowest BCUT2D eigenvalue weighted by atomic mass is 9.33. The molecule has 7 aliphatic heterocycles. The van der Waals surface area contributed by atoms with E-state index in [1.807, 2.05) is 0 Å². The Balaban J connectivity index is 0.846. The second kappa shape index (κ2) is 29.4. The molecule has 12 rings (SSSR count). The van der Waals surface area contributed by atoms with Gasteiger partial charge in [0, 0.05) is 0 Å². The average Bonchev–Trinajstić information content (AvgIpc) is 0.671. The summed E-state index contributed by atoms with van der Waals surface area (Å²) in [5.41, 5.74) is -3.30. The number of aliphatic hydroxyl groups excluding tert-OH is 17. The van der Waals surface area contributed by atoms with E-state index in [4.69, 9.17) is 66.3 Å². The average molecular weight is 1470 g/mol. The van der Waals surface area contributed by atoms with Crippen molar-refractivity contribution in [2.45, 2.75) is 323 Å². The Bertz CT molecular complexity index is 2970. The van der Waals surface area contributed by atoms with Gasteiger partial charge in [-0.25, -0.2) is 4.79 Å². The summed E-state index contributed by atoms with van der Waals surface area (Å²) in [4.78, 5) is 28.2. The number of hydrogen-bond donors (Lipinski definition) is 18. The van der Waals surface area contributed by atoms with E-state index >= 15 is 4.79 Å². The summed E-state index contributed by atoms with van der Waals surface area (Å²) in [5, 5.41) is 200. The van der Waals surface area contributed by atoms with Crippen LogP contribution in [-0.4, -0.2) is 333 Å². The van der Waals surface area contributed by atoms with E-state index in [9.17, 15) is 96.7 Å². The van der Waals surface area contributed by atoms with Gasteiger partial charge in [0.05, 0.1) is 50.8 Å². The zero-order chi connectivity index (χ0) is 74.3. The lowest BCUT2D eigenvalue weighted by Crippen LogP contribution is -2.69. The zero-order valence-corrected chi connectivity index (χ0v) is 58.6. The van der Waals surface area contributed by atoms with E-state index in [-0.39, 0.29) is 30.1 Å². The number of allylic oxidation sites excluding steroid dienone is 2. The number of fused-ring (bicyclic) bond motifs is 7. The lowest BCUT2D eigenvalue weighted by Gasteiger charge is -2.71. The largest absolute Gasteiger partial charge is 0.479 e. The van der Waals surface area contributed by atoms with Crippen LogP contribution in [0.5, 0.6) is 0 Å². The van der Waals surface area contributed by atoms with Crippen LogP contribution in [-0.2, 0) is 75.9 Å². The van der Waals surface area contributed by atoms with Crippen molar-refractivity contribution >= 4 is 11.9 Å². The number of esters is 1. The van der Waals surface area contributed by atoms with Gasteiger partial charge >= 0.3 is 11.9 Å². The molecule has 34 heteroatoms. The van der Waals surface area contributed by atoms with Crippen LogP contribution < -0.4 is 0 Å². The van der Waals surface area contributed by atoms with Gasteiger partial charge in [0.15, 0.2) is 49.9 Å². The SMILES string of the molecule is C[C@@H]1O[C@@H](O[C@@H]2[C@@H](O[C@@H]3O[C@@H](C)[C@H](O[C@@H]4OC[C@@H](O)[C@H](O)[C@H]4O)[C@@H](O[C@@H]4OC[C@@H](O)[C@H](O[C@@H]5OC[C@@H](O)[C@H](O)[C@H]5O)[C@H]4O)[C@H]3O)[C@H](OC(=O)[C@]34CCC(C)(C)C[C@H]3C3=CC[C@@H]5[C@@]6(C)CC[C@H](O[C@@H]7O[C@H](C(=O)O)[C@@H](O)[C@H](O)[C@H]7O)C(C)(C)[C@@H]6CC[C@@]5(C)[C@]3(C)C[C@H]4O)OC[C@H]2O)[C@H](O)[C@H](O)[C@H]1O. The monoisotopic (exact) mass is 1470 g/mol. The van der Waals surface area contributed by atoms with Crippen LogP contribution in [0.3, 0.4) is 0 Å². The first kappa shape index (κ1) is 79.0. The highest BCUT2D eigenvalue weighted by Crippen LogP contribution is 2.76. The summed E-state index contributed by atoms with van der Waals surface area (Å²) < 4.78 is 85.1. The molecule has 4 saturated carbocycles. The first-order valence-corrected chi connectivity index (χ1v) is 35.8. The Morgan fingerprint density at radius 1 is 0.441 bits per heavy atom. The summed E-state index contributed by atoms with van der Waals surface area (Å²) in [6.45, 7) is 15.5. The van der Waals surface area contributed by atoms with E-state index in [1.54, 1.807) is 0 Å². The number of hydrogen-bond acceptors (Lipinski definition) is 33. The third kappa shape index (κ3) is 13.6. The van der Waals surface area contributed by atoms with Crippen molar-refractivity contribution in [3.63, 3.8) is 0 Å². The molecule has 0 amide bonds. The molecule has 34 nitrogen and oxygen atoms in total. The predicted octanol–water partition coefficient (Wildman–Crippen LogP) is -4.89. The molecule has 7 saturated heterocycles. The van der Waals surface area contributed by atoms with E-state index in [1.165, 1.54) is 13.8 Å². The number of carboxylic acids is 1. The van der Waals surface area contributed by atoms with E-state index in [0.29, 0.717) is 44.9 Å². The van der Waals surface area contributed by atoms with Gasteiger partial charge in [0.1, 0.15) is 127 Å². The Hall–Kier alpha value is -2.52. The van der Waals surface area contributed by atoms with Crippen molar-refractivity contribution in [1.29, 1.82) is 0 Å². The van der Waals surface area contributed by atoms with Gasteiger partial charge in [-0.05, 0) is 116 Å². The summed E-state index contributed by atoms with van der Waals surface area (Å²) in [6.07, 6.45) is -51.0. The molecule has 5 aliphatic carbocycles. The quantitative estimate of drug-likeness (QED) is 0.0415. The number of aliphatic hydroxyl groups is 17. The fourth-order valence-corrected chi connectivity index (χ4v) is 19.8. The molecule has 0 bridgehead atoms. The minimum Gasteiger partial charge on any atom is -0.479 e. The number of carboxylic acid groups (broad SMARTS) is 1. The third-order valence-electron chi connectivity index (χ3n) is 26.1. The molecule has 0 aromatic carbocycles. The van der Waals surface area contributed by atoms with Crippen molar-refractivity contribution in [1.82, 2.24) is 0 Å². The summed E-state index contributed by atoms with van der Waals surface area (Å²) in [5.74, 6) is -3.10. The number of rotatable bonds is 15. The van der Waals surface area contributed by atoms with Gasteiger partial charge < -0.3 is 158 Å². The first-order valence-electron chi connectivity index (χ1n) is 35.8. The minimum atomic E-state index is -2.20. The van der Waals surface area contributed by atoms with Crippen LogP contribution in [0.1, 0.15) is 120 Å². The minimum absolute atomic E-state index is 0.00414. The van der Waals surface area contributed by atoms with Crippen LogP contribution in [0.4, 0.5) is 0 Å². The molecule has 40 atom stereocenters. The van der Waals surface area contributed by atoms with Crippen molar-refractivity contribution in [2.75, 3.05) is 26.4 Å². The zero-order valence-electron chi connectivity index (χ0n) is 58.6. The molecule has 7 heterocycles. The highest BCUT2D eigenvalue weighted by Gasteiger charge is 2.73. The molecule has 102 heavy (non-hydrogen) atoms. The molecular weight excluding hydrogens is 1360 g/mol. The van der Waals surface area contributed by atoms with Crippen LogP contribution in [0, 0.1) is 50.2 Å². The molecular formula is C68H108O34. The van der Waals surface area contributed by atoms with Crippen molar-refractivity contribution in [3.8, 4) is 0 Å². The van der Waals surface area contributed by atoms with Crippen LogP contribution >= 0.6 is 0 Å². The van der Waals surface area contributed by atoms with E-state index in [2.05, 4.69) is 54.5 Å². The molecule has 584 valence electrons. The number of carbonyl (C=O) groups excluding carboxylic acids is 1. The van der Waals surface area contributed by atoms with Gasteiger partial charge in [0.2, 0.25) is 6.29 Å².